The number of para-hydroxylation sites is 1. The maximum atomic E-state index is 11.9. The monoisotopic (exact) mass is 307 g/mol. The molecule has 0 aliphatic carbocycles. The van der Waals surface area contributed by atoms with E-state index in [1.807, 2.05) is 19.9 Å². The van der Waals surface area contributed by atoms with Crippen molar-refractivity contribution in [3.05, 3.63) is 30.3 Å². The Hall–Kier alpha value is -2.57. The fourth-order valence-electron chi connectivity index (χ4n) is 1.81. The first-order chi connectivity index (χ1) is 10.4. The van der Waals surface area contributed by atoms with Crippen LogP contribution in [0.25, 0.3) is 0 Å². The Balaban J connectivity index is 2.47. The van der Waals surface area contributed by atoms with Gasteiger partial charge in [-0.05, 0) is 24.5 Å². The van der Waals surface area contributed by atoms with Gasteiger partial charge in [-0.1, -0.05) is 32.0 Å². The number of amides is 3. The Morgan fingerprint density at radius 1 is 1.18 bits per heavy atom. The third-order valence-electron chi connectivity index (χ3n) is 2.71. The van der Waals surface area contributed by atoms with Crippen molar-refractivity contribution in [1.82, 2.24) is 5.32 Å². The summed E-state index contributed by atoms with van der Waals surface area (Å²) in [6.07, 6.45) is 0.377. The van der Waals surface area contributed by atoms with Crippen LogP contribution in [0.1, 0.15) is 20.3 Å². The molecule has 3 amide bonds. The van der Waals surface area contributed by atoms with Gasteiger partial charge >= 0.3 is 12.0 Å². The van der Waals surface area contributed by atoms with Crippen molar-refractivity contribution in [2.24, 2.45) is 11.7 Å². The molecule has 0 saturated heterocycles. The predicted molar refractivity (Wildman–Crippen MR) is 82.0 cm³/mol. The Kier molecular flexibility index (Phi) is 6.88. The molecule has 0 bridgehead atoms. The first-order valence-electron chi connectivity index (χ1n) is 6.96. The molecule has 0 aliphatic rings. The van der Waals surface area contributed by atoms with E-state index in [9.17, 15) is 14.4 Å². The second-order valence-corrected chi connectivity index (χ2v) is 5.21. The summed E-state index contributed by atoms with van der Waals surface area (Å²) in [5.41, 5.74) is 5.64. The van der Waals surface area contributed by atoms with Gasteiger partial charge in [0, 0.05) is 5.69 Å². The number of carbonyl (C=O) groups excluding carboxylic acids is 3. The van der Waals surface area contributed by atoms with Gasteiger partial charge in [0.15, 0.2) is 6.61 Å². The summed E-state index contributed by atoms with van der Waals surface area (Å²) < 4.78 is 4.92. The zero-order chi connectivity index (χ0) is 16.5. The summed E-state index contributed by atoms with van der Waals surface area (Å²) in [6.45, 7) is 3.36. The smallest absolute Gasteiger partial charge is 0.329 e. The fraction of sp³-hybridized carbons (Fsp3) is 0.400. The van der Waals surface area contributed by atoms with Gasteiger partial charge in [-0.2, -0.15) is 0 Å². The van der Waals surface area contributed by atoms with Gasteiger partial charge in [0.1, 0.15) is 6.04 Å². The van der Waals surface area contributed by atoms with Crippen molar-refractivity contribution < 1.29 is 19.1 Å². The van der Waals surface area contributed by atoms with E-state index in [2.05, 4.69) is 10.6 Å². The van der Waals surface area contributed by atoms with Crippen molar-refractivity contribution in [3.8, 4) is 0 Å². The van der Waals surface area contributed by atoms with E-state index < -0.39 is 30.6 Å². The minimum Gasteiger partial charge on any atom is -0.454 e. The third kappa shape index (κ3) is 6.74. The molecule has 1 aromatic carbocycles. The largest absolute Gasteiger partial charge is 0.454 e. The summed E-state index contributed by atoms with van der Waals surface area (Å²) >= 11 is 0. The highest BCUT2D eigenvalue weighted by Gasteiger charge is 2.23. The number of hydrogen-bond donors (Lipinski definition) is 3. The van der Waals surface area contributed by atoms with Crippen LogP contribution in [0, 0.1) is 5.92 Å². The van der Waals surface area contributed by atoms with Crippen molar-refractivity contribution in [2.45, 2.75) is 26.3 Å². The molecule has 7 heteroatoms. The van der Waals surface area contributed by atoms with Crippen molar-refractivity contribution in [3.63, 3.8) is 0 Å². The van der Waals surface area contributed by atoms with Gasteiger partial charge in [0.2, 0.25) is 0 Å². The van der Waals surface area contributed by atoms with Gasteiger partial charge in [0.25, 0.3) is 5.91 Å². The Bertz CT molecular complexity index is 517. The Morgan fingerprint density at radius 3 is 2.36 bits per heavy atom. The quantitative estimate of drug-likeness (QED) is 0.658. The highest BCUT2D eigenvalue weighted by Crippen LogP contribution is 2.07. The molecule has 0 radical (unpaired) electrons. The van der Waals surface area contributed by atoms with Gasteiger partial charge in [-0.15, -0.1) is 0 Å². The van der Waals surface area contributed by atoms with Gasteiger partial charge in [-0.3, -0.25) is 4.79 Å². The van der Waals surface area contributed by atoms with E-state index in [4.69, 9.17) is 10.5 Å². The maximum absolute atomic E-state index is 11.9. The van der Waals surface area contributed by atoms with E-state index in [1.54, 1.807) is 24.3 Å². The highest BCUT2D eigenvalue weighted by atomic mass is 16.5. The fourth-order valence-corrected chi connectivity index (χ4v) is 1.81. The number of urea groups is 1. The number of esters is 1. The third-order valence-corrected chi connectivity index (χ3v) is 2.71. The first-order valence-corrected chi connectivity index (χ1v) is 6.96. The van der Waals surface area contributed by atoms with Crippen LogP contribution in [0.2, 0.25) is 0 Å². The number of nitrogens with two attached hydrogens (primary N) is 1. The second-order valence-electron chi connectivity index (χ2n) is 5.21. The van der Waals surface area contributed by atoms with Crippen LogP contribution in [0.4, 0.5) is 10.5 Å². The summed E-state index contributed by atoms with van der Waals surface area (Å²) in [5.74, 6) is -0.986. The predicted octanol–water partition coefficient (Wildman–Crippen LogP) is 1.25. The minimum absolute atomic E-state index is 0.155. The van der Waals surface area contributed by atoms with E-state index in [0.29, 0.717) is 12.1 Å². The van der Waals surface area contributed by atoms with Gasteiger partial charge in [-0.25, -0.2) is 9.59 Å². The van der Waals surface area contributed by atoms with E-state index in [0.717, 1.165) is 0 Å². The maximum Gasteiger partial charge on any atom is 0.329 e. The molecule has 0 spiro atoms. The number of nitrogens with one attached hydrogen (secondary N) is 2. The molecule has 4 N–H and O–H groups in total. The average molecular weight is 307 g/mol. The summed E-state index contributed by atoms with van der Waals surface area (Å²) in [4.78, 5) is 34.5. The summed E-state index contributed by atoms with van der Waals surface area (Å²) in [5, 5.41) is 4.91. The number of anilines is 1. The van der Waals surface area contributed by atoms with Crippen LogP contribution in [-0.4, -0.2) is 30.6 Å². The molecule has 0 aliphatic heterocycles. The molecule has 0 saturated carbocycles. The molecule has 7 nitrogen and oxygen atoms in total. The summed E-state index contributed by atoms with van der Waals surface area (Å²) in [6, 6.07) is 7.14. The molecule has 1 atom stereocenters. The average Bonchev–Trinajstić information content (AvgIpc) is 2.44. The van der Waals surface area contributed by atoms with Crippen LogP contribution in [0.5, 0.6) is 0 Å². The molecular weight excluding hydrogens is 286 g/mol. The first kappa shape index (κ1) is 17.5. The van der Waals surface area contributed by atoms with Crippen molar-refractivity contribution in [1.29, 1.82) is 0 Å². The van der Waals surface area contributed by atoms with Crippen LogP contribution in [0.15, 0.2) is 30.3 Å². The van der Waals surface area contributed by atoms with E-state index in [-0.39, 0.29) is 5.92 Å². The highest BCUT2D eigenvalue weighted by molar-refractivity contribution is 5.93. The molecule has 22 heavy (non-hydrogen) atoms. The second kappa shape index (κ2) is 8.66. The zero-order valence-electron chi connectivity index (χ0n) is 12.7. The lowest BCUT2D eigenvalue weighted by Gasteiger charge is -2.18. The Morgan fingerprint density at radius 2 is 1.82 bits per heavy atom. The number of carbonyl (C=O) groups is 3. The lowest BCUT2D eigenvalue weighted by molar-refractivity contribution is -0.149. The van der Waals surface area contributed by atoms with Crippen LogP contribution in [-0.2, 0) is 14.3 Å². The van der Waals surface area contributed by atoms with Gasteiger partial charge < -0.3 is 21.1 Å². The molecule has 0 aromatic heterocycles. The van der Waals surface area contributed by atoms with E-state index >= 15 is 0 Å². The standard InChI is InChI=1S/C15H21N3O4/c1-10(2)8-12(18-15(16)21)14(20)22-9-13(19)17-11-6-4-3-5-7-11/h3-7,10,12H,8-9H2,1-2H3,(H,17,19)(H3,16,18,21)/t12-/m1/s1. The number of primary amides is 1. The van der Waals surface area contributed by atoms with Crippen LogP contribution >= 0.6 is 0 Å². The van der Waals surface area contributed by atoms with E-state index in [1.165, 1.54) is 0 Å². The topological polar surface area (TPSA) is 111 Å². The summed E-state index contributed by atoms with van der Waals surface area (Å²) in [7, 11) is 0. The molecule has 1 aromatic rings. The SMILES string of the molecule is CC(C)C[C@@H](NC(N)=O)C(=O)OCC(=O)Nc1ccccc1. The lowest BCUT2D eigenvalue weighted by Crippen LogP contribution is -2.45. The molecule has 0 heterocycles. The Labute approximate surface area is 129 Å². The van der Waals surface area contributed by atoms with Crippen molar-refractivity contribution in [2.75, 3.05) is 11.9 Å². The zero-order valence-corrected chi connectivity index (χ0v) is 12.7. The van der Waals surface area contributed by atoms with Crippen LogP contribution < -0.4 is 16.4 Å². The van der Waals surface area contributed by atoms with Gasteiger partial charge in [0.05, 0.1) is 0 Å². The van der Waals surface area contributed by atoms with Crippen LogP contribution in [0.3, 0.4) is 0 Å². The normalized spacial score (nSPS) is 11.6. The minimum atomic E-state index is -0.859. The molecular formula is C15H21N3O4. The molecule has 120 valence electrons. The number of rotatable bonds is 7. The molecule has 0 fully saturated rings. The number of benzene rings is 1. The number of hydrogen-bond acceptors (Lipinski definition) is 4. The molecule has 1 rings (SSSR count). The van der Waals surface area contributed by atoms with Crippen molar-refractivity contribution >= 4 is 23.6 Å². The number of ether oxygens (including phenoxy) is 1. The lowest BCUT2D eigenvalue weighted by atomic mass is 10.0. The molecule has 0 unspecified atom stereocenters.